The molecule has 9 nitrogen and oxygen atoms in total. The molecule has 1 aromatic carbocycles. The van der Waals surface area contributed by atoms with Crippen molar-refractivity contribution in [3.05, 3.63) is 58.3 Å². The summed E-state index contributed by atoms with van der Waals surface area (Å²) in [7, 11) is 0. The average Bonchev–Trinajstić information content (AvgIpc) is 2.99. The van der Waals surface area contributed by atoms with Crippen LogP contribution in [0.3, 0.4) is 0 Å². The van der Waals surface area contributed by atoms with Crippen LogP contribution >= 0.6 is 15.9 Å². The van der Waals surface area contributed by atoms with E-state index in [0.29, 0.717) is 15.7 Å². The topological polar surface area (TPSA) is 118 Å². The summed E-state index contributed by atoms with van der Waals surface area (Å²) in [5.41, 5.74) is 5.95. The Morgan fingerprint density at radius 3 is 2.59 bits per heavy atom. The summed E-state index contributed by atoms with van der Waals surface area (Å²) in [5.74, 6) is -1.90. The van der Waals surface area contributed by atoms with E-state index in [2.05, 4.69) is 31.8 Å². The summed E-state index contributed by atoms with van der Waals surface area (Å²) >= 11 is 3.22. The molecule has 2 N–H and O–H groups in total. The second-order valence-corrected chi connectivity index (χ2v) is 7.00. The third-order valence-corrected chi connectivity index (χ3v) is 4.54. The molecule has 1 saturated heterocycles. The van der Waals surface area contributed by atoms with E-state index in [0.717, 1.165) is 4.90 Å². The van der Waals surface area contributed by atoms with E-state index in [4.69, 9.17) is 4.74 Å². The smallest absolute Gasteiger partial charge is 0.338 e. The van der Waals surface area contributed by atoms with Crippen molar-refractivity contribution in [3.8, 4) is 0 Å². The van der Waals surface area contributed by atoms with Gasteiger partial charge in [-0.25, -0.2) is 15.1 Å². The molecule has 1 aliphatic heterocycles. The summed E-state index contributed by atoms with van der Waals surface area (Å²) in [5, 5.41) is 0. The molecule has 3 rings (SSSR count). The maximum atomic E-state index is 12.6. The molecule has 3 amide bonds. The van der Waals surface area contributed by atoms with Crippen LogP contribution in [0.5, 0.6) is 0 Å². The van der Waals surface area contributed by atoms with Crippen molar-refractivity contribution in [2.24, 2.45) is 0 Å². The Balaban J connectivity index is 1.65. The number of ether oxygens (including phenoxy) is 1. The number of benzene rings is 1. The SMILES string of the molecule is CCOC(=O)c1ccc(N2C(=O)C[C@H](NNC(=O)c3cncc(Br)c3)C2=O)cc1. The molecule has 0 unspecified atom stereocenters. The standard InChI is InChI=1S/C19H17BrN4O5/c1-2-29-19(28)11-3-5-14(6-4-11)24-16(25)8-15(18(24)27)22-23-17(26)12-7-13(20)10-21-9-12/h3-7,9-10,15,22H,2,8H2,1H3,(H,23,26)/t15-/m0/s1. The number of aromatic nitrogens is 1. The first kappa shape index (κ1) is 20.6. The fourth-order valence-corrected chi connectivity index (χ4v) is 3.10. The van der Waals surface area contributed by atoms with Crippen LogP contribution in [0.1, 0.15) is 34.1 Å². The Hall–Kier alpha value is -3.11. The largest absolute Gasteiger partial charge is 0.462 e. The minimum atomic E-state index is -0.906. The molecule has 1 fully saturated rings. The molecule has 2 heterocycles. The number of hydrogen-bond acceptors (Lipinski definition) is 7. The van der Waals surface area contributed by atoms with Crippen molar-refractivity contribution in [2.75, 3.05) is 11.5 Å². The average molecular weight is 461 g/mol. The third kappa shape index (κ3) is 4.66. The highest BCUT2D eigenvalue weighted by Crippen LogP contribution is 2.23. The van der Waals surface area contributed by atoms with E-state index >= 15 is 0 Å². The van der Waals surface area contributed by atoms with Gasteiger partial charge in [0, 0.05) is 16.9 Å². The molecule has 10 heteroatoms. The molecule has 1 aliphatic rings. The van der Waals surface area contributed by atoms with Crippen LogP contribution in [-0.2, 0) is 14.3 Å². The number of esters is 1. The Kier molecular flexibility index (Phi) is 6.35. The second-order valence-electron chi connectivity index (χ2n) is 6.08. The van der Waals surface area contributed by atoms with Crippen LogP contribution in [0.2, 0.25) is 0 Å². The van der Waals surface area contributed by atoms with Crippen LogP contribution in [0.4, 0.5) is 5.69 Å². The Bertz CT molecular complexity index is 963. The zero-order valence-electron chi connectivity index (χ0n) is 15.3. The van der Waals surface area contributed by atoms with Gasteiger partial charge in [0.15, 0.2) is 0 Å². The van der Waals surface area contributed by atoms with Crippen molar-refractivity contribution >= 4 is 45.3 Å². The van der Waals surface area contributed by atoms with Crippen LogP contribution in [-0.4, -0.2) is 41.3 Å². The molecule has 29 heavy (non-hydrogen) atoms. The minimum Gasteiger partial charge on any atom is -0.462 e. The van der Waals surface area contributed by atoms with E-state index in [1.54, 1.807) is 13.0 Å². The molecule has 150 valence electrons. The lowest BCUT2D eigenvalue weighted by atomic mass is 10.2. The number of nitrogens with zero attached hydrogens (tertiary/aromatic N) is 2. The first-order valence-electron chi connectivity index (χ1n) is 8.71. The van der Waals surface area contributed by atoms with Gasteiger partial charge in [0.05, 0.1) is 29.8 Å². The van der Waals surface area contributed by atoms with Crippen molar-refractivity contribution < 1.29 is 23.9 Å². The molecule has 1 atom stereocenters. The highest BCUT2D eigenvalue weighted by Gasteiger charge is 2.39. The zero-order chi connectivity index (χ0) is 21.0. The van der Waals surface area contributed by atoms with Gasteiger partial charge in [-0.3, -0.25) is 24.8 Å². The minimum absolute atomic E-state index is 0.116. The van der Waals surface area contributed by atoms with Gasteiger partial charge in [0.2, 0.25) is 5.91 Å². The lowest BCUT2D eigenvalue weighted by molar-refractivity contribution is -0.121. The number of hydrazine groups is 1. The van der Waals surface area contributed by atoms with E-state index in [-0.39, 0.29) is 18.6 Å². The number of amides is 3. The summed E-state index contributed by atoms with van der Waals surface area (Å²) < 4.78 is 5.54. The molecular weight excluding hydrogens is 444 g/mol. The van der Waals surface area contributed by atoms with E-state index in [9.17, 15) is 19.2 Å². The number of pyridine rings is 1. The summed E-state index contributed by atoms with van der Waals surface area (Å²) in [6.45, 7) is 1.95. The third-order valence-electron chi connectivity index (χ3n) is 4.11. The fraction of sp³-hybridized carbons (Fsp3) is 0.211. The van der Waals surface area contributed by atoms with Crippen molar-refractivity contribution in [3.63, 3.8) is 0 Å². The quantitative estimate of drug-likeness (QED) is 0.381. The molecule has 0 aliphatic carbocycles. The monoisotopic (exact) mass is 460 g/mol. The van der Waals surface area contributed by atoms with Crippen molar-refractivity contribution in [2.45, 2.75) is 19.4 Å². The first-order chi connectivity index (χ1) is 13.9. The Labute approximate surface area is 174 Å². The fourth-order valence-electron chi connectivity index (χ4n) is 2.74. The lowest BCUT2D eigenvalue weighted by Gasteiger charge is -2.16. The van der Waals surface area contributed by atoms with Gasteiger partial charge < -0.3 is 4.74 Å². The summed E-state index contributed by atoms with van der Waals surface area (Å²) in [6, 6.07) is 6.62. The maximum Gasteiger partial charge on any atom is 0.338 e. The van der Waals surface area contributed by atoms with E-state index in [1.807, 2.05) is 0 Å². The van der Waals surface area contributed by atoms with Gasteiger partial charge in [-0.1, -0.05) is 0 Å². The van der Waals surface area contributed by atoms with Gasteiger partial charge >= 0.3 is 5.97 Å². The summed E-state index contributed by atoms with van der Waals surface area (Å²) in [4.78, 5) is 53.7. The molecule has 0 radical (unpaired) electrons. The number of rotatable bonds is 6. The highest BCUT2D eigenvalue weighted by atomic mass is 79.9. The molecule has 0 bridgehead atoms. The molecular formula is C19H17BrN4O5. The van der Waals surface area contributed by atoms with Crippen LogP contribution in [0.25, 0.3) is 0 Å². The van der Waals surface area contributed by atoms with Gasteiger partial charge in [-0.15, -0.1) is 0 Å². The highest BCUT2D eigenvalue weighted by molar-refractivity contribution is 9.10. The van der Waals surface area contributed by atoms with Crippen molar-refractivity contribution in [1.29, 1.82) is 0 Å². The number of anilines is 1. The van der Waals surface area contributed by atoms with Gasteiger partial charge in [0.25, 0.3) is 11.8 Å². The Morgan fingerprint density at radius 2 is 1.93 bits per heavy atom. The number of nitrogens with one attached hydrogen (secondary N) is 2. The number of hydrogen-bond donors (Lipinski definition) is 2. The van der Waals surface area contributed by atoms with E-state index in [1.165, 1.54) is 36.7 Å². The second kappa shape index (κ2) is 8.93. The number of carbonyl (C=O) groups is 4. The predicted molar refractivity (Wildman–Crippen MR) is 106 cm³/mol. The number of carbonyl (C=O) groups excluding carboxylic acids is 4. The molecule has 0 saturated carbocycles. The zero-order valence-corrected chi connectivity index (χ0v) is 16.9. The predicted octanol–water partition coefficient (Wildman–Crippen LogP) is 1.59. The van der Waals surface area contributed by atoms with Crippen LogP contribution in [0.15, 0.2) is 47.2 Å². The molecule has 2 aromatic rings. The maximum absolute atomic E-state index is 12.6. The molecule has 1 aromatic heterocycles. The lowest BCUT2D eigenvalue weighted by Crippen LogP contribution is -2.48. The first-order valence-corrected chi connectivity index (χ1v) is 9.50. The Morgan fingerprint density at radius 1 is 1.21 bits per heavy atom. The van der Waals surface area contributed by atoms with Gasteiger partial charge in [-0.2, -0.15) is 0 Å². The van der Waals surface area contributed by atoms with Crippen LogP contribution < -0.4 is 15.8 Å². The van der Waals surface area contributed by atoms with Crippen LogP contribution in [0, 0.1) is 0 Å². The van der Waals surface area contributed by atoms with Gasteiger partial charge in [0.1, 0.15) is 6.04 Å². The van der Waals surface area contributed by atoms with Gasteiger partial charge in [-0.05, 0) is 53.2 Å². The number of halogens is 1. The van der Waals surface area contributed by atoms with E-state index < -0.39 is 29.7 Å². The normalized spacial score (nSPS) is 16.1. The molecule has 0 spiro atoms. The number of imide groups is 1. The summed E-state index contributed by atoms with van der Waals surface area (Å²) in [6.07, 6.45) is 2.80. The van der Waals surface area contributed by atoms with Crippen molar-refractivity contribution in [1.82, 2.24) is 15.8 Å².